The van der Waals surface area contributed by atoms with Gasteiger partial charge in [0.05, 0.1) is 13.2 Å². The molecule has 2 aromatic heterocycles. The van der Waals surface area contributed by atoms with Crippen molar-refractivity contribution in [3.8, 4) is 17.1 Å². The van der Waals surface area contributed by atoms with Crippen LogP contribution < -0.4 is 10.3 Å². The normalized spacial score (nSPS) is 16.5. The Bertz CT molecular complexity index is 1300. The summed E-state index contributed by atoms with van der Waals surface area (Å²) in [5.74, 6) is 2.36. The molecular weight excluding hydrogens is 458 g/mol. The Balaban J connectivity index is 1.30. The van der Waals surface area contributed by atoms with Crippen LogP contribution in [0.5, 0.6) is 5.75 Å². The average Bonchev–Trinajstić information content (AvgIpc) is 3.41. The van der Waals surface area contributed by atoms with Gasteiger partial charge < -0.3 is 23.3 Å². The number of hydrogen-bond acceptors (Lipinski definition) is 7. The summed E-state index contributed by atoms with van der Waals surface area (Å²) in [6, 6.07) is 11.0. The van der Waals surface area contributed by atoms with Crippen LogP contribution in [-0.4, -0.2) is 48.2 Å². The minimum Gasteiger partial charge on any atom is -0.491 e. The van der Waals surface area contributed by atoms with Crippen LogP contribution in [0.15, 0.2) is 69.6 Å². The van der Waals surface area contributed by atoms with Crippen molar-refractivity contribution < 1.29 is 18.7 Å². The summed E-state index contributed by atoms with van der Waals surface area (Å²) < 4.78 is 23.4. The second-order valence-electron chi connectivity index (χ2n) is 9.12. The number of ether oxygens (including phenoxy) is 3. The second-order valence-corrected chi connectivity index (χ2v) is 9.12. The lowest BCUT2D eigenvalue weighted by molar-refractivity contribution is 0.0749. The Morgan fingerprint density at radius 1 is 1.08 bits per heavy atom. The van der Waals surface area contributed by atoms with Gasteiger partial charge in [-0.3, -0.25) is 4.79 Å². The Labute approximate surface area is 210 Å². The molecule has 8 heteroatoms. The lowest BCUT2D eigenvalue weighted by atomic mass is 9.85. The van der Waals surface area contributed by atoms with Crippen molar-refractivity contribution >= 4 is 5.57 Å². The van der Waals surface area contributed by atoms with Gasteiger partial charge >= 0.3 is 0 Å². The first kappa shape index (κ1) is 24.2. The molecule has 8 nitrogen and oxygen atoms in total. The lowest BCUT2D eigenvalue weighted by Crippen LogP contribution is -2.19. The van der Waals surface area contributed by atoms with Gasteiger partial charge in [0.2, 0.25) is 5.82 Å². The van der Waals surface area contributed by atoms with Gasteiger partial charge in [-0.2, -0.15) is 4.98 Å². The number of allylic oxidation sites excluding steroid dienone is 4. The molecule has 0 N–H and O–H groups in total. The highest BCUT2D eigenvalue weighted by Crippen LogP contribution is 2.33. The van der Waals surface area contributed by atoms with Gasteiger partial charge in [-0.1, -0.05) is 35.0 Å². The zero-order valence-electron chi connectivity index (χ0n) is 20.5. The summed E-state index contributed by atoms with van der Waals surface area (Å²) in [5, 5.41) is 4.19. The number of benzene rings is 1. The van der Waals surface area contributed by atoms with Gasteiger partial charge in [0.25, 0.3) is 11.4 Å². The molecule has 5 rings (SSSR count). The monoisotopic (exact) mass is 489 g/mol. The molecule has 2 aliphatic rings. The van der Waals surface area contributed by atoms with Crippen LogP contribution in [0.3, 0.4) is 0 Å². The van der Waals surface area contributed by atoms with Crippen LogP contribution >= 0.6 is 0 Å². The predicted molar refractivity (Wildman–Crippen MR) is 136 cm³/mol. The standard InChI is InChI=1S/C28H31N3O5/c1-33-15-16-35-25-4-2-3-20(17-25)18-31-19-24(9-10-26(31)32)27-29-28(36-30-27)23-7-5-21(6-8-23)22-11-13-34-14-12-22/h2-5,7,9-10,17,19,22H,6,8,11-16,18H2,1H3. The smallest absolute Gasteiger partial charge is 0.254 e. The van der Waals surface area contributed by atoms with E-state index in [2.05, 4.69) is 22.3 Å². The summed E-state index contributed by atoms with van der Waals surface area (Å²) in [4.78, 5) is 17.2. The molecule has 3 heterocycles. The Hall–Kier alpha value is -3.49. The zero-order chi connectivity index (χ0) is 24.7. The average molecular weight is 490 g/mol. The molecule has 0 saturated carbocycles. The summed E-state index contributed by atoms with van der Waals surface area (Å²) in [7, 11) is 1.64. The molecule has 1 aromatic carbocycles. The van der Waals surface area contributed by atoms with Gasteiger partial charge in [0, 0.05) is 43.7 Å². The SMILES string of the molecule is COCCOc1cccc(Cn2cc(-c3noc(C4=CC=C(C5CCOCC5)CC4)n3)ccc2=O)c1. The van der Waals surface area contributed by atoms with Crippen LogP contribution in [0.25, 0.3) is 17.0 Å². The predicted octanol–water partition coefficient (Wildman–Crippen LogP) is 4.50. The number of hydrogen-bond donors (Lipinski definition) is 0. The van der Waals surface area contributed by atoms with Gasteiger partial charge in [-0.15, -0.1) is 0 Å². The fraction of sp³-hybridized carbons (Fsp3) is 0.393. The molecule has 0 unspecified atom stereocenters. The maximum atomic E-state index is 12.5. The first-order chi connectivity index (χ1) is 17.7. The first-order valence-corrected chi connectivity index (χ1v) is 12.4. The van der Waals surface area contributed by atoms with Crippen molar-refractivity contribution in [3.63, 3.8) is 0 Å². The summed E-state index contributed by atoms with van der Waals surface area (Å²) in [6.45, 7) is 3.09. The third-order valence-electron chi connectivity index (χ3n) is 6.68. The van der Waals surface area contributed by atoms with E-state index in [0.29, 0.717) is 37.4 Å². The highest BCUT2D eigenvalue weighted by Gasteiger charge is 2.22. The minimum absolute atomic E-state index is 0.103. The maximum absolute atomic E-state index is 12.5. The minimum atomic E-state index is -0.103. The molecule has 0 atom stereocenters. The van der Waals surface area contributed by atoms with Crippen molar-refractivity contribution in [2.24, 2.45) is 5.92 Å². The van der Waals surface area contributed by atoms with E-state index in [1.807, 2.05) is 24.3 Å². The molecule has 188 valence electrons. The van der Waals surface area contributed by atoms with E-state index in [0.717, 1.165) is 61.3 Å². The second kappa shape index (κ2) is 11.5. The van der Waals surface area contributed by atoms with Gasteiger partial charge in [-0.25, -0.2) is 0 Å². The molecule has 1 aliphatic carbocycles. The molecule has 0 radical (unpaired) electrons. The summed E-state index contributed by atoms with van der Waals surface area (Å²) >= 11 is 0. The number of nitrogens with zero attached hydrogens (tertiary/aromatic N) is 3. The Kier molecular flexibility index (Phi) is 7.73. The molecule has 3 aromatic rings. The fourth-order valence-corrected chi connectivity index (χ4v) is 4.67. The lowest BCUT2D eigenvalue weighted by Gasteiger charge is -2.26. The highest BCUT2D eigenvalue weighted by atomic mass is 16.5. The number of methoxy groups -OCH3 is 1. The molecule has 1 aliphatic heterocycles. The molecule has 1 saturated heterocycles. The molecule has 1 fully saturated rings. The zero-order valence-corrected chi connectivity index (χ0v) is 20.5. The summed E-state index contributed by atoms with van der Waals surface area (Å²) in [5.41, 5.74) is 4.11. The number of rotatable bonds is 9. The van der Waals surface area contributed by atoms with Crippen LogP contribution in [0, 0.1) is 5.92 Å². The van der Waals surface area contributed by atoms with Gasteiger partial charge in [0.1, 0.15) is 12.4 Å². The van der Waals surface area contributed by atoms with Crippen molar-refractivity contribution in [2.45, 2.75) is 32.2 Å². The van der Waals surface area contributed by atoms with Gasteiger partial charge in [0.15, 0.2) is 0 Å². The molecule has 0 spiro atoms. The fourth-order valence-electron chi connectivity index (χ4n) is 4.67. The van der Waals surface area contributed by atoms with E-state index >= 15 is 0 Å². The topological polar surface area (TPSA) is 88.6 Å². The van der Waals surface area contributed by atoms with Crippen molar-refractivity contribution in [3.05, 3.63) is 82.1 Å². The molecule has 0 bridgehead atoms. The van der Waals surface area contributed by atoms with Crippen molar-refractivity contribution in [1.82, 2.24) is 14.7 Å². The molecular formula is C28H31N3O5. The van der Waals surface area contributed by atoms with E-state index in [-0.39, 0.29) is 5.56 Å². The third kappa shape index (κ3) is 5.83. The Morgan fingerprint density at radius 2 is 1.97 bits per heavy atom. The van der Waals surface area contributed by atoms with E-state index < -0.39 is 0 Å². The van der Waals surface area contributed by atoms with Gasteiger partial charge in [-0.05, 0) is 55.4 Å². The van der Waals surface area contributed by atoms with Crippen molar-refractivity contribution in [2.75, 3.05) is 33.5 Å². The quantitative estimate of drug-likeness (QED) is 0.409. The summed E-state index contributed by atoms with van der Waals surface area (Å²) in [6.07, 6.45) is 10.2. The van der Waals surface area contributed by atoms with Crippen LogP contribution in [0.2, 0.25) is 0 Å². The van der Waals surface area contributed by atoms with E-state index in [9.17, 15) is 4.79 Å². The van der Waals surface area contributed by atoms with Crippen LogP contribution in [-0.2, 0) is 16.0 Å². The maximum Gasteiger partial charge on any atom is 0.254 e. The van der Waals surface area contributed by atoms with Crippen molar-refractivity contribution in [1.29, 1.82) is 0 Å². The first-order valence-electron chi connectivity index (χ1n) is 12.4. The number of aromatic nitrogens is 3. The molecule has 0 amide bonds. The molecule has 36 heavy (non-hydrogen) atoms. The largest absolute Gasteiger partial charge is 0.491 e. The number of pyridine rings is 1. The third-order valence-corrected chi connectivity index (χ3v) is 6.68. The van der Waals surface area contributed by atoms with E-state index in [1.165, 1.54) is 11.6 Å². The van der Waals surface area contributed by atoms with Crippen LogP contribution in [0.4, 0.5) is 0 Å². The highest BCUT2D eigenvalue weighted by molar-refractivity contribution is 5.64. The van der Waals surface area contributed by atoms with E-state index in [4.69, 9.17) is 18.7 Å². The Morgan fingerprint density at radius 3 is 2.78 bits per heavy atom. The van der Waals surface area contributed by atoms with E-state index in [1.54, 1.807) is 23.9 Å². The van der Waals surface area contributed by atoms with Crippen LogP contribution in [0.1, 0.15) is 37.1 Å².